The molecule has 5 heteroatoms. The second-order valence-electron chi connectivity index (χ2n) is 5.08. The summed E-state index contributed by atoms with van der Waals surface area (Å²) in [5, 5.41) is 6.59. The monoisotopic (exact) mass is 305 g/mol. The smallest absolute Gasteiger partial charge is 0.305 e. The molecule has 0 aliphatic rings. The molecule has 1 rings (SSSR count). The summed E-state index contributed by atoms with van der Waals surface area (Å²) in [4.78, 5) is 15.2. The van der Waals surface area contributed by atoms with Crippen LogP contribution in [0.2, 0.25) is 0 Å². The number of carbonyl (C=O) groups is 1. The van der Waals surface area contributed by atoms with E-state index in [1.807, 2.05) is 18.2 Å². The van der Waals surface area contributed by atoms with Crippen molar-refractivity contribution in [3.63, 3.8) is 0 Å². The molecule has 5 nitrogen and oxygen atoms in total. The highest BCUT2D eigenvalue weighted by atomic mass is 16.5. The Morgan fingerprint density at radius 1 is 1.09 bits per heavy atom. The van der Waals surface area contributed by atoms with E-state index in [0.717, 1.165) is 44.7 Å². The predicted molar refractivity (Wildman–Crippen MR) is 89.7 cm³/mol. The summed E-state index contributed by atoms with van der Waals surface area (Å²) in [6.07, 6.45) is 4.62. The first-order valence-corrected chi connectivity index (χ1v) is 7.81. The molecule has 0 unspecified atom stereocenters. The Hall–Kier alpha value is -2.04. The van der Waals surface area contributed by atoms with Crippen molar-refractivity contribution in [1.29, 1.82) is 0 Å². The molecule has 0 amide bonds. The van der Waals surface area contributed by atoms with Crippen LogP contribution in [0.1, 0.15) is 37.7 Å². The van der Waals surface area contributed by atoms with E-state index in [4.69, 9.17) is 0 Å². The van der Waals surface area contributed by atoms with Crippen LogP contribution >= 0.6 is 0 Å². The fourth-order valence-electron chi connectivity index (χ4n) is 2.06. The Morgan fingerprint density at radius 3 is 2.50 bits per heavy atom. The SMILES string of the molecule is CN=C(NCCCCCCC(=O)OC)NCc1ccccc1. The first-order valence-electron chi connectivity index (χ1n) is 7.81. The van der Waals surface area contributed by atoms with Gasteiger partial charge in [0.1, 0.15) is 0 Å². The number of hydrogen-bond donors (Lipinski definition) is 2. The molecule has 0 aliphatic heterocycles. The van der Waals surface area contributed by atoms with Gasteiger partial charge in [-0.25, -0.2) is 0 Å². The van der Waals surface area contributed by atoms with Crippen LogP contribution in [0.4, 0.5) is 0 Å². The van der Waals surface area contributed by atoms with Crippen LogP contribution in [0.15, 0.2) is 35.3 Å². The number of ether oxygens (including phenoxy) is 1. The van der Waals surface area contributed by atoms with Gasteiger partial charge >= 0.3 is 5.97 Å². The Bertz CT molecular complexity index is 446. The molecular weight excluding hydrogens is 278 g/mol. The van der Waals surface area contributed by atoms with Gasteiger partial charge in [-0.15, -0.1) is 0 Å². The average molecular weight is 305 g/mol. The van der Waals surface area contributed by atoms with Crippen molar-refractivity contribution in [2.45, 2.75) is 38.6 Å². The summed E-state index contributed by atoms with van der Waals surface area (Å²) in [7, 11) is 3.21. The first-order chi connectivity index (χ1) is 10.8. The number of benzene rings is 1. The molecule has 2 N–H and O–H groups in total. The number of esters is 1. The molecule has 22 heavy (non-hydrogen) atoms. The Morgan fingerprint density at radius 2 is 1.82 bits per heavy atom. The highest BCUT2D eigenvalue weighted by Crippen LogP contribution is 2.03. The lowest BCUT2D eigenvalue weighted by atomic mass is 10.1. The largest absolute Gasteiger partial charge is 0.469 e. The molecule has 0 bridgehead atoms. The lowest BCUT2D eigenvalue weighted by molar-refractivity contribution is -0.140. The lowest BCUT2D eigenvalue weighted by Crippen LogP contribution is -2.37. The Kier molecular flexibility index (Phi) is 9.50. The van der Waals surface area contributed by atoms with Crippen LogP contribution in [0.5, 0.6) is 0 Å². The fourth-order valence-corrected chi connectivity index (χ4v) is 2.06. The number of nitrogens with one attached hydrogen (secondary N) is 2. The molecule has 0 radical (unpaired) electrons. The van der Waals surface area contributed by atoms with E-state index in [2.05, 4.69) is 32.5 Å². The van der Waals surface area contributed by atoms with Crippen LogP contribution in [0.3, 0.4) is 0 Å². The van der Waals surface area contributed by atoms with Crippen LogP contribution in [-0.2, 0) is 16.1 Å². The molecule has 122 valence electrons. The van der Waals surface area contributed by atoms with Crippen molar-refractivity contribution >= 4 is 11.9 Å². The van der Waals surface area contributed by atoms with E-state index in [1.165, 1.54) is 12.7 Å². The topological polar surface area (TPSA) is 62.7 Å². The predicted octanol–water partition coefficient (Wildman–Crippen LogP) is 2.48. The van der Waals surface area contributed by atoms with E-state index in [9.17, 15) is 4.79 Å². The van der Waals surface area contributed by atoms with Crippen molar-refractivity contribution in [2.75, 3.05) is 20.7 Å². The van der Waals surface area contributed by atoms with Gasteiger partial charge in [-0.2, -0.15) is 0 Å². The van der Waals surface area contributed by atoms with E-state index in [0.29, 0.717) is 6.42 Å². The standard InChI is InChI=1S/C17H27N3O2/c1-18-17(20-14-15-10-6-5-7-11-15)19-13-9-4-3-8-12-16(21)22-2/h5-7,10-11H,3-4,8-9,12-14H2,1-2H3,(H2,18,19,20). The zero-order valence-electron chi connectivity index (χ0n) is 13.6. The first kappa shape index (κ1) is 18.0. The maximum absolute atomic E-state index is 11.0. The van der Waals surface area contributed by atoms with Crippen LogP contribution < -0.4 is 10.6 Å². The number of rotatable bonds is 9. The van der Waals surface area contributed by atoms with Gasteiger partial charge in [-0.1, -0.05) is 43.2 Å². The van der Waals surface area contributed by atoms with E-state index in [-0.39, 0.29) is 5.97 Å². The van der Waals surface area contributed by atoms with Gasteiger partial charge < -0.3 is 15.4 Å². The van der Waals surface area contributed by atoms with Gasteiger partial charge in [-0.3, -0.25) is 9.79 Å². The number of unbranched alkanes of at least 4 members (excludes halogenated alkanes) is 3. The van der Waals surface area contributed by atoms with E-state index >= 15 is 0 Å². The number of carbonyl (C=O) groups excluding carboxylic acids is 1. The molecule has 1 aromatic rings. The zero-order valence-corrected chi connectivity index (χ0v) is 13.6. The van der Waals surface area contributed by atoms with Gasteiger partial charge in [0.2, 0.25) is 0 Å². The molecular formula is C17H27N3O2. The highest BCUT2D eigenvalue weighted by Gasteiger charge is 2.00. The molecule has 0 heterocycles. The van der Waals surface area contributed by atoms with Gasteiger partial charge in [0.05, 0.1) is 7.11 Å². The molecule has 0 aromatic heterocycles. The molecule has 1 aromatic carbocycles. The average Bonchev–Trinajstić information content (AvgIpc) is 2.57. The summed E-state index contributed by atoms with van der Waals surface area (Å²) in [5.41, 5.74) is 1.23. The minimum absolute atomic E-state index is 0.122. The summed E-state index contributed by atoms with van der Waals surface area (Å²) in [6.45, 7) is 1.65. The summed E-state index contributed by atoms with van der Waals surface area (Å²) in [5.74, 6) is 0.696. The van der Waals surface area contributed by atoms with Crippen molar-refractivity contribution in [2.24, 2.45) is 4.99 Å². The maximum Gasteiger partial charge on any atom is 0.305 e. The van der Waals surface area contributed by atoms with Crippen LogP contribution in [0, 0.1) is 0 Å². The molecule has 0 saturated heterocycles. The third-order valence-electron chi connectivity index (χ3n) is 3.35. The van der Waals surface area contributed by atoms with Crippen LogP contribution in [-0.4, -0.2) is 32.6 Å². The third kappa shape index (κ3) is 8.29. The van der Waals surface area contributed by atoms with E-state index < -0.39 is 0 Å². The number of guanidine groups is 1. The highest BCUT2D eigenvalue weighted by molar-refractivity contribution is 5.79. The van der Waals surface area contributed by atoms with Gasteiger partial charge in [-0.05, 0) is 18.4 Å². The van der Waals surface area contributed by atoms with Crippen molar-refractivity contribution in [1.82, 2.24) is 10.6 Å². The quantitative estimate of drug-likeness (QED) is 0.318. The van der Waals surface area contributed by atoms with Gasteiger partial charge in [0.15, 0.2) is 5.96 Å². The minimum atomic E-state index is -0.122. The number of hydrogen-bond acceptors (Lipinski definition) is 3. The van der Waals surface area contributed by atoms with E-state index in [1.54, 1.807) is 7.05 Å². The van der Waals surface area contributed by atoms with Crippen molar-refractivity contribution in [3.05, 3.63) is 35.9 Å². The molecule has 0 fully saturated rings. The molecule has 0 atom stereocenters. The molecule has 0 spiro atoms. The number of nitrogens with zero attached hydrogens (tertiary/aromatic N) is 1. The Labute approximate surface area is 133 Å². The summed E-state index contributed by atoms with van der Waals surface area (Å²) >= 11 is 0. The fraction of sp³-hybridized carbons (Fsp3) is 0.529. The summed E-state index contributed by atoms with van der Waals surface area (Å²) in [6, 6.07) is 10.2. The number of aliphatic imine (C=N–C) groups is 1. The van der Waals surface area contributed by atoms with Gasteiger partial charge in [0, 0.05) is 26.6 Å². The third-order valence-corrected chi connectivity index (χ3v) is 3.35. The second-order valence-corrected chi connectivity index (χ2v) is 5.08. The minimum Gasteiger partial charge on any atom is -0.469 e. The normalized spacial score (nSPS) is 11.1. The maximum atomic E-state index is 11.0. The second kappa shape index (κ2) is 11.6. The van der Waals surface area contributed by atoms with Crippen LogP contribution in [0.25, 0.3) is 0 Å². The number of methoxy groups -OCH3 is 1. The van der Waals surface area contributed by atoms with Gasteiger partial charge in [0.25, 0.3) is 0 Å². The zero-order chi connectivity index (χ0) is 16.0. The molecule has 0 aliphatic carbocycles. The lowest BCUT2D eigenvalue weighted by Gasteiger charge is -2.11. The van der Waals surface area contributed by atoms with Crippen molar-refractivity contribution in [3.8, 4) is 0 Å². The van der Waals surface area contributed by atoms with Crippen molar-refractivity contribution < 1.29 is 9.53 Å². The summed E-state index contributed by atoms with van der Waals surface area (Å²) < 4.78 is 4.61. The molecule has 0 saturated carbocycles. The Balaban J connectivity index is 2.06.